The molecule has 0 aliphatic rings. The van der Waals surface area contributed by atoms with Crippen molar-refractivity contribution in [2.75, 3.05) is 6.61 Å². The molecule has 0 radical (unpaired) electrons. The van der Waals surface area contributed by atoms with E-state index in [9.17, 15) is 4.79 Å². The number of benzene rings is 1. The lowest BCUT2D eigenvalue weighted by atomic mass is 10.1. The number of hydrogen-bond donors (Lipinski definition) is 0. The first kappa shape index (κ1) is 10.0. The molecule has 0 saturated heterocycles. The molecular weight excluding hydrogens is 178 g/mol. The number of nitriles is 1. The summed E-state index contributed by atoms with van der Waals surface area (Å²) in [6, 6.07) is 6.66. The molecule has 1 aromatic carbocycles. The van der Waals surface area contributed by atoms with Crippen LogP contribution in [-0.4, -0.2) is 12.9 Å². The Kier molecular flexibility index (Phi) is 3.45. The highest BCUT2D eigenvalue weighted by Crippen LogP contribution is 2.18. The van der Waals surface area contributed by atoms with Crippen molar-refractivity contribution in [2.45, 2.75) is 0 Å². The molecule has 0 aliphatic heterocycles. The van der Waals surface area contributed by atoms with Crippen LogP contribution in [0.3, 0.4) is 0 Å². The number of hydrogen-bond acceptors (Lipinski definition) is 3. The van der Waals surface area contributed by atoms with Crippen molar-refractivity contribution < 1.29 is 9.53 Å². The summed E-state index contributed by atoms with van der Waals surface area (Å²) in [7, 11) is 0. The lowest BCUT2D eigenvalue weighted by Gasteiger charge is -2.04. The Hall–Kier alpha value is -2.08. The first-order valence-corrected chi connectivity index (χ1v) is 4.05. The standard InChI is InChI=1S/C11H9NO2/c1-2-5-14-11-4-3-9(8-13)6-10(11)7-12/h2-4,6,8H,1,5H2. The summed E-state index contributed by atoms with van der Waals surface area (Å²) in [6.07, 6.45) is 2.28. The van der Waals surface area contributed by atoms with Crippen LogP contribution in [0.2, 0.25) is 0 Å². The van der Waals surface area contributed by atoms with Crippen molar-refractivity contribution in [3.63, 3.8) is 0 Å². The third-order valence-electron chi connectivity index (χ3n) is 1.62. The fourth-order valence-electron chi connectivity index (χ4n) is 0.983. The minimum absolute atomic E-state index is 0.342. The van der Waals surface area contributed by atoms with E-state index in [4.69, 9.17) is 10.00 Å². The number of nitrogens with zero attached hydrogens (tertiary/aromatic N) is 1. The van der Waals surface area contributed by atoms with Crippen LogP contribution in [-0.2, 0) is 0 Å². The molecule has 0 N–H and O–H groups in total. The van der Waals surface area contributed by atoms with E-state index in [1.54, 1.807) is 18.2 Å². The van der Waals surface area contributed by atoms with Crippen LogP contribution in [0.5, 0.6) is 5.75 Å². The number of aldehydes is 1. The maximum Gasteiger partial charge on any atom is 0.150 e. The van der Waals surface area contributed by atoms with Crippen LogP contribution in [0, 0.1) is 11.3 Å². The van der Waals surface area contributed by atoms with Gasteiger partial charge in [0.25, 0.3) is 0 Å². The fourth-order valence-corrected chi connectivity index (χ4v) is 0.983. The Labute approximate surface area is 82.2 Å². The van der Waals surface area contributed by atoms with Crippen molar-refractivity contribution in [1.29, 1.82) is 5.26 Å². The number of carbonyl (C=O) groups is 1. The summed E-state index contributed by atoms with van der Waals surface area (Å²) in [5, 5.41) is 8.77. The molecule has 3 nitrogen and oxygen atoms in total. The summed E-state index contributed by atoms with van der Waals surface area (Å²) in [5.41, 5.74) is 0.823. The van der Waals surface area contributed by atoms with Crippen LogP contribution in [0.4, 0.5) is 0 Å². The van der Waals surface area contributed by atoms with Gasteiger partial charge in [0, 0.05) is 5.56 Å². The fraction of sp³-hybridized carbons (Fsp3) is 0.0909. The minimum atomic E-state index is 0.342. The van der Waals surface area contributed by atoms with Gasteiger partial charge in [-0.2, -0.15) is 5.26 Å². The van der Waals surface area contributed by atoms with Gasteiger partial charge < -0.3 is 4.74 Å². The Balaban J connectivity index is 3.00. The molecule has 0 heterocycles. The normalized spacial score (nSPS) is 8.79. The van der Waals surface area contributed by atoms with E-state index in [-0.39, 0.29) is 0 Å². The molecule has 1 rings (SSSR count). The van der Waals surface area contributed by atoms with E-state index in [0.29, 0.717) is 29.8 Å². The van der Waals surface area contributed by atoms with Gasteiger partial charge in [0.05, 0.1) is 5.56 Å². The first-order valence-electron chi connectivity index (χ1n) is 4.05. The van der Waals surface area contributed by atoms with Crippen molar-refractivity contribution in [1.82, 2.24) is 0 Å². The van der Waals surface area contributed by atoms with E-state index in [2.05, 4.69) is 6.58 Å². The quantitative estimate of drug-likeness (QED) is 0.534. The summed E-state index contributed by atoms with van der Waals surface area (Å²) < 4.78 is 5.22. The van der Waals surface area contributed by atoms with E-state index < -0.39 is 0 Å². The third-order valence-corrected chi connectivity index (χ3v) is 1.62. The first-order chi connectivity index (χ1) is 6.81. The molecule has 0 spiro atoms. The zero-order valence-corrected chi connectivity index (χ0v) is 7.56. The van der Waals surface area contributed by atoms with Crippen molar-refractivity contribution in [2.24, 2.45) is 0 Å². The van der Waals surface area contributed by atoms with Gasteiger partial charge in [-0.1, -0.05) is 12.7 Å². The van der Waals surface area contributed by atoms with Crippen LogP contribution in [0.25, 0.3) is 0 Å². The van der Waals surface area contributed by atoms with Gasteiger partial charge in [0.2, 0.25) is 0 Å². The van der Waals surface area contributed by atoms with Gasteiger partial charge in [0.1, 0.15) is 24.7 Å². The molecule has 3 heteroatoms. The number of carbonyl (C=O) groups excluding carboxylic acids is 1. The zero-order chi connectivity index (χ0) is 10.4. The van der Waals surface area contributed by atoms with E-state index >= 15 is 0 Å². The molecule has 0 unspecified atom stereocenters. The zero-order valence-electron chi connectivity index (χ0n) is 7.56. The Morgan fingerprint density at radius 2 is 2.36 bits per heavy atom. The Bertz CT molecular complexity index is 391. The molecule has 0 aromatic heterocycles. The Morgan fingerprint density at radius 1 is 1.57 bits per heavy atom. The lowest BCUT2D eigenvalue weighted by molar-refractivity contribution is 0.112. The summed E-state index contributed by atoms with van der Waals surface area (Å²) in [6.45, 7) is 3.84. The number of ether oxygens (including phenoxy) is 1. The smallest absolute Gasteiger partial charge is 0.150 e. The minimum Gasteiger partial charge on any atom is -0.488 e. The molecule has 0 amide bonds. The van der Waals surface area contributed by atoms with E-state index in [0.717, 1.165) is 0 Å². The van der Waals surface area contributed by atoms with Crippen LogP contribution < -0.4 is 4.74 Å². The predicted octanol–water partition coefficient (Wildman–Crippen LogP) is 1.94. The summed E-state index contributed by atoms with van der Waals surface area (Å²) in [5.74, 6) is 0.470. The highest BCUT2D eigenvalue weighted by Gasteiger charge is 2.03. The molecule has 0 atom stereocenters. The molecule has 0 saturated carbocycles. The highest BCUT2D eigenvalue weighted by molar-refractivity contribution is 5.76. The van der Waals surface area contributed by atoms with Crippen LogP contribution >= 0.6 is 0 Å². The van der Waals surface area contributed by atoms with Crippen molar-refractivity contribution in [3.05, 3.63) is 42.0 Å². The number of rotatable bonds is 4. The van der Waals surface area contributed by atoms with Gasteiger partial charge >= 0.3 is 0 Å². The molecule has 0 aliphatic carbocycles. The second kappa shape index (κ2) is 4.83. The van der Waals surface area contributed by atoms with E-state index in [1.807, 2.05) is 6.07 Å². The van der Waals surface area contributed by atoms with Gasteiger partial charge in [-0.25, -0.2) is 0 Å². The molecule has 14 heavy (non-hydrogen) atoms. The van der Waals surface area contributed by atoms with Gasteiger partial charge in [-0.05, 0) is 18.2 Å². The topological polar surface area (TPSA) is 50.1 Å². The molecule has 0 fully saturated rings. The molecule has 0 bridgehead atoms. The Morgan fingerprint density at radius 3 is 2.93 bits per heavy atom. The van der Waals surface area contributed by atoms with Crippen molar-refractivity contribution >= 4 is 6.29 Å². The summed E-state index contributed by atoms with van der Waals surface area (Å²) in [4.78, 5) is 10.4. The SMILES string of the molecule is C=CCOc1ccc(C=O)cc1C#N. The van der Waals surface area contributed by atoms with Gasteiger partial charge in [0.15, 0.2) is 0 Å². The molecule has 1 aromatic rings. The van der Waals surface area contributed by atoms with Crippen LogP contribution in [0.15, 0.2) is 30.9 Å². The van der Waals surface area contributed by atoms with E-state index in [1.165, 1.54) is 6.07 Å². The second-order valence-corrected chi connectivity index (χ2v) is 2.58. The predicted molar refractivity (Wildman–Crippen MR) is 52.2 cm³/mol. The maximum atomic E-state index is 10.4. The molecular formula is C11H9NO2. The third kappa shape index (κ3) is 2.20. The van der Waals surface area contributed by atoms with Gasteiger partial charge in [-0.15, -0.1) is 0 Å². The second-order valence-electron chi connectivity index (χ2n) is 2.58. The van der Waals surface area contributed by atoms with Gasteiger partial charge in [-0.3, -0.25) is 4.79 Å². The van der Waals surface area contributed by atoms with Crippen molar-refractivity contribution in [3.8, 4) is 11.8 Å². The monoisotopic (exact) mass is 187 g/mol. The molecule has 70 valence electrons. The average Bonchev–Trinajstić information content (AvgIpc) is 2.26. The summed E-state index contributed by atoms with van der Waals surface area (Å²) >= 11 is 0. The highest BCUT2D eigenvalue weighted by atomic mass is 16.5. The maximum absolute atomic E-state index is 10.4. The largest absolute Gasteiger partial charge is 0.488 e. The lowest BCUT2D eigenvalue weighted by Crippen LogP contribution is -1.96. The van der Waals surface area contributed by atoms with Crippen LogP contribution in [0.1, 0.15) is 15.9 Å². The average molecular weight is 187 g/mol.